The monoisotopic (exact) mass is 396 g/mol. The third kappa shape index (κ3) is 3.71. The number of carbonyl (C=O) groups excluding carboxylic acids is 1. The van der Waals surface area contributed by atoms with E-state index in [0.717, 1.165) is 23.4 Å². The highest BCUT2D eigenvalue weighted by Gasteiger charge is 2.25. The Labute approximate surface area is 167 Å². The van der Waals surface area contributed by atoms with Gasteiger partial charge >= 0.3 is 5.69 Å². The molecule has 1 amide bonds. The molecule has 1 aromatic carbocycles. The number of amides is 1. The van der Waals surface area contributed by atoms with Gasteiger partial charge in [0.1, 0.15) is 5.82 Å². The molecule has 0 atom stereocenters. The van der Waals surface area contributed by atoms with Gasteiger partial charge in [-0.3, -0.25) is 19.1 Å². The second-order valence-electron chi connectivity index (χ2n) is 6.75. The minimum Gasteiger partial charge on any atom is -0.383 e. The first kappa shape index (κ1) is 20.1. The van der Waals surface area contributed by atoms with Gasteiger partial charge in [0, 0.05) is 13.6 Å². The summed E-state index contributed by atoms with van der Waals surface area (Å²) in [4.78, 5) is 41.0. The Kier molecular flexibility index (Phi) is 5.67. The van der Waals surface area contributed by atoms with Crippen molar-refractivity contribution in [2.75, 3.05) is 17.7 Å². The number of para-hydroxylation sites is 1. The highest BCUT2D eigenvalue weighted by atomic mass is 16.2. The largest absolute Gasteiger partial charge is 0.383 e. The number of hydrogen-bond donors (Lipinski definition) is 2. The third-order valence-electron chi connectivity index (χ3n) is 4.83. The van der Waals surface area contributed by atoms with E-state index in [1.165, 1.54) is 17.8 Å². The number of hydrogen-bond acceptors (Lipinski definition) is 5. The lowest BCUT2D eigenvalue weighted by molar-refractivity contribution is 0.0992. The van der Waals surface area contributed by atoms with Gasteiger partial charge in [-0.05, 0) is 25.5 Å². The van der Waals surface area contributed by atoms with E-state index in [0.29, 0.717) is 17.8 Å². The number of anilines is 2. The Balaban J connectivity index is 2.01. The molecule has 0 aliphatic heterocycles. The molecule has 9 nitrogen and oxygen atoms in total. The second-order valence-corrected chi connectivity index (χ2v) is 6.75. The number of aromatic amines is 1. The molecule has 3 rings (SSSR count). The van der Waals surface area contributed by atoms with E-state index in [4.69, 9.17) is 5.73 Å². The normalized spacial score (nSPS) is 10.9. The van der Waals surface area contributed by atoms with Gasteiger partial charge in [0.25, 0.3) is 11.5 Å². The molecule has 3 N–H and O–H groups in total. The molecule has 0 aliphatic carbocycles. The molecule has 9 heteroatoms. The van der Waals surface area contributed by atoms with Gasteiger partial charge in [-0.25, -0.2) is 9.48 Å². The molecule has 0 saturated carbocycles. The first-order valence-electron chi connectivity index (χ1n) is 9.37. The Morgan fingerprint density at radius 1 is 1.24 bits per heavy atom. The summed E-state index contributed by atoms with van der Waals surface area (Å²) in [6.07, 6.45) is 3.03. The van der Waals surface area contributed by atoms with Crippen molar-refractivity contribution in [2.24, 2.45) is 0 Å². The van der Waals surface area contributed by atoms with Gasteiger partial charge in [0.2, 0.25) is 0 Å². The van der Waals surface area contributed by atoms with E-state index in [2.05, 4.69) is 10.1 Å². The number of H-pyrrole nitrogens is 1. The lowest BCUT2D eigenvalue weighted by atomic mass is 10.2. The van der Waals surface area contributed by atoms with Crippen LogP contribution in [0.5, 0.6) is 0 Å². The van der Waals surface area contributed by atoms with Crippen molar-refractivity contribution in [3.63, 3.8) is 0 Å². The van der Waals surface area contributed by atoms with Crippen LogP contribution in [0.25, 0.3) is 5.69 Å². The maximum Gasteiger partial charge on any atom is 0.330 e. The maximum absolute atomic E-state index is 13.1. The Bertz CT molecular complexity index is 1140. The highest BCUT2D eigenvalue weighted by molar-refractivity contribution is 6.07. The van der Waals surface area contributed by atoms with Crippen molar-refractivity contribution in [2.45, 2.75) is 33.2 Å². The molecule has 29 heavy (non-hydrogen) atoms. The Hall–Kier alpha value is -3.62. The number of nitrogens with one attached hydrogen (secondary N) is 1. The molecule has 0 bridgehead atoms. The fraction of sp³-hybridized carbons (Fsp3) is 0.300. The van der Waals surface area contributed by atoms with Gasteiger partial charge in [-0.2, -0.15) is 5.10 Å². The molecular formula is C20H24N6O3. The van der Waals surface area contributed by atoms with Gasteiger partial charge in [-0.1, -0.05) is 31.5 Å². The molecule has 0 spiro atoms. The summed E-state index contributed by atoms with van der Waals surface area (Å²) in [7, 11) is 1.46. The average Bonchev–Trinajstić information content (AvgIpc) is 3.09. The van der Waals surface area contributed by atoms with Gasteiger partial charge in [-0.15, -0.1) is 0 Å². The lowest BCUT2D eigenvalue weighted by Gasteiger charge is -2.20. The smallest absolute Gasteiger partial charge is 0.330 e. The molecule has 152 valence electrons. The molecule has 0 unspecified atom stereocenters. The van der Waals surface area contributed by atoms with Crippen LogP contribution in [-0.4, -0.2) is 32.3 Å². The highest BCUT2D eigenvalue weighted by Crippen LogP contribution is 2.20. The van der Waals surface area contributed by atoms with Crippen molar-refractivity contribution >= 4 is 17.4 Å². The summed E-state index contributed by atoms with van der Waals surface area (Å²) in [5.41, 5.74) is 6.54. The van der Waals surface area contributed by atoms with Crippen molar-refractivity contribution < 1.29 is 4.79 Å². The van der Waals surface area contributed by atoms with E-state index in [1.807, 2.05) is 37.3 Å². The van der Waals surface area contributed by atoms with Crippen LogP contribution in [0.3, 0.4) is 0 Å². The van der Waals surface area contributed by atoms with Crippen LogP contribution >= 0.6 is 0 Å². The first-order chi connectivity index (χ1) is 13.9. The van der Waals surface area contributed by atoms with E-state index >= 15 is 0 Å². The summed E-state index contributed by atoms with van der Waals surface area (Å²) in [5.74, 6) is -0.473. The van der Waals surface area contributed by atoms with E-state index in [1.54, 1.807) is 11.6 Å². The van der Waals surface area contributed by atoms with E-state index < -0.39 is 17.2 Å². The minimum absolute atomic E-state index is 0.0313. The first-order valence-corrected chi connectivity index (χ1v) is 9.37. The topological polar surface area (TPSA) is 119 Å². The number of unbranched alkanes of at least 4 members (excludes halogenated alkanes) is 1. The van der Waals surface area contributed by atoms with Crippen LogP contribution in [0.15, 0.2) is 46.1 Å². The van der Waals surface area contributed by atoms with Crippen LogP contribution in [0.2, 0.25) is 0 Å². The third-order valence-corrected chi connectivity index (χ3v) is 4.83. The van der Waals surface area contributed by atoms with E-state index in [-0.39, 0.29) is 11.5 Å². The summed E-state index contributed by atoms with van der Waals surface area (Å²) in [5, 5.41) is 4.30. The number of nitrogens with two attached hydrogens (primary N) is 1. The van der Waals surface area contributed by atoms with Crippen molar-refractivity contribution in [3.8, 4) is 5.69 Å². The summed E-state index contributed by atoms with van der Waals surface area (Å²) >= 11 is 0. The van der Waals surface area contributed by atoms with Gasteiger partial charge < -0.3 is 10.6 Å². The molecular weight excluding hydrogens is 372 g/mol. The summed E-state index contributed by atoms with van der Waals surface area (Å²) < 4.78 is 2.93. The quantitative estimate of drug-likeness (QED) is 0.657. The summed E-state index contributed by atoms with van der Waals surface area (Å²) in [6, 6.07) is 9.41. The summed E-state index contributed by atoms with van der Waals surface area (Å²) in [6.45, 7) is 4.12. The number of rotatable bonds is 6. The van der Waals surface area contributed by atoms with Crippen molar-refractivity contribution in [1.82, 2.24) is 19.3 Å². The molecule has 2 heterocycles. The fourth-order valence-corrected chi connectivity index (χ4v) is 3.17. The maximum atomic E-state index is 13.1. The molecule has 0 radical (unpaired) electrons. The predicted octanol–water partition coefficient (Wildman–Crippen LogP) is 1.69. The van der Waals surface area contributed by atoms with Crippen LogP contribution in [0, 0.1) is 6.92 Å². The SMILES string of the molecule is CCCCn1c(N)c(N(C)C(=O)c2cnn(-c3ccccc3)c2C)c(=O)[nH]c1=O. The average molecular weight is 396 g/mol. The molecule has 0 saturated heterocycles. The fourth-order valence-electron chi connectivity index (χ4n) is 3.17. The molecule has 3 aromatic rings. The molecule has 0 aliphatic rings. The zero-order valence-corrected chi connectivity index (χ0v) is 16.7. The number of nitrogens with zero attached hydrogens (tertiary/aromatic N) is 4. The number of aromatic nitrogens is 4. The second kappa shape index (κ2) is 8.17. The predicted molar refractivity (Wildman–Crippen MR) is 112 cm³/mol. The Morgan fingerprint density at radius 3 is 2.59 bits per heavy atom. The van der Waals surface area contributed by atoms with Crippen LogP contribution in [0.4, 0.5) is 11.5 Å². The van der Waals surface area contributed by atoms with Crippen molar-refractivity contribution in [3.05, 3.63) is 68.6 Å². The van der Waals surface area contributed by atoms with Gasteiger partial charge in [0.15, 0.2) is 5.69 Å². The Morgan fingerprint density at radius 2 is 1.93 bits per heavy atom. The van der Waals surface area contributed by atoms with Crippen molar-refractivity contribution in [1.29, 1.82) is 0 Å². The lowest BCUT2D eigenvalue weighted by Crippen LogP contribution is -2.39. The molecule has 2 aromatic heterocycles. The zero-order chi connectivity index (χ0) is 21.1. The number of carbonyl (C=O) groups is 1. The van der Waals surface area contributed by atoms with Gasteiger partial charge in [0.05, 0.1) is 23.1 Å². The van der Waals surface area contributed by atoms with E-state index in [9.17, 15) is 14.4 Å². The number of nitrogen functional groups attached to an aromatic ring is 1. The standard InChI is InChI=1S/C20H24N6O3/c1-4-5-11-25-17(21)16(18(27)23-20(25)29)24(3)19(28)15-12-22-26(13(15)2)14-9-7-6-8-10-14/h6-10,12H,4-5,11,21H2,1-3H3,(H,23,27,29). The molecule has 0 fully saturated rings. The number of benzene rings is 1. The van der Waals surface area contributed by atoms with Crippen LogP contribution in [0.1, 0.15) is 35.8 Å². The van der Waals surface area contributed by atoms with Crippen LogP contribution < -0.4 is 21.9 Å². The van der Waals surface area contributed by atoms with Crippen LogP contribution in [-0.2, 0) is 6.54 Å². The zero-order valence-electron chi connectivity index (χ0n) is 16.7. The minimum atomic E-state index is -0.704.